The highest BCUT2D eigenvalue weighted by Crippen LogP contribution is 2.16. The molecular weight excluding hydrogens is 159 g/mol. The number of rotatable bonds is 7. The minimum absolute atomic E-state index is 0.525. The van der Waals surface area contributed by atoms with Crippen molar-refractivity contribution in [3.63, 3.8) is 0 Å². The van der Waals surface area contributed by atoms with Gasteiger partial charge in [-0.05, 0) is 6.42 Å². The monoisotopic (exact) mass is 178 g/mol. The molecule has 0 saturated carbocycles. The molecule has 2 nitrogen and oxygen atoms in total. The van der Waals surface area contributed by atoms with Crippen LogP contribution >= 0.6 is 8.03 Å². The van der Waals surface area contributed by atoms with Gasteiger partial charge in [-0.15, -0.1) is 0 Å². The summed E-state index contributed by atoms with van der Waals surface area (Å²) >= 11 is 0. The highest BCUT2D eigenvalue weighted by Gasteiger charge is 1.92. The number of hydrogen-bond donors (Lipinski definition) is 1. The maximum atomic E-state index is 10.3. The van der Waals surface area contributed by atoms with E-state index in [0.717, 1.165) is 12.8 Å². The zero-order valence-corrected chi connectivity index (χ0v) is 8.31. The third kappa shape index (κ3) is 10.2. The van der Waals surface area contributed by atoms with Gasteiger partial charge in [0.2, 0.25) is 0 Å². The van der Waals surface area contributed by atoms with Gasteiger partial charge in [0.1, 0.15) is 0 Å². The van der Waals surface area contributed by atoms with E-state index in [9.17, 15) is 4.57 Å². The van der Waals surface area contributed by atoms with Crippen molar-refractivity contribution >= 4 is 8.03 Å². The van der Waals surface area contributed by atoms with Crippen molar-refractivity contribution in [1.29, 1.82) is 0 Å². The fraction of sp³-hybridized carbons (Fsp3) is 1.00. The zero-order chi connectivity index (χ0) is 8.53. The summed E-state index contributed by atoms with van der Waals surface area (Å²) in [7, 11) is -2.18. The van der Waals surface area contributed by atoms with E-state index in [0.29, 0.717) is 6.16 Å². The molecule has 0 heterocycles. The first-order valence-electron chi connectivity index (χ1n) is 4.49. The molecule has 0 aliphatic heterocycles. The van der Waals surface area contributed by atoms with Crippen LogP contribution in [-0.4, -0.2) is 11.1 Å². The molecule has 0 aromatic rings. The van der Waals surface area contributed by atoms with E-state index in [1.54, 1.807) is 0 Å². The molecule has 0 bridgehead atoms. The van der Waals surface area contributed by atoms with Crippen molar-refractivity contribution in [3.05, 3.63) is 0 Å². The molecule has 0 aliphatic carbocycles. The third-order valence-corrected chi connectivity index (χ3v) is 2.53. The molecule has 3 heteroatoms. The summed E-state index contributed by atoms with van der Waals surface area (Å²) in [6.45, 7) is 2.19. The second kappa shape index (κ2) is 8.29. The predicted octanol–water partition coefficient (Wildman–Crippen LogP) is 2.81. The Balaban J connectivity index is 2.85. The summed E-state index contributed by atoms with van der Waals surface area (Å²) in [6.07, 6.45) is 7.64. The molecule has 0 saturated heterocycles. The molecule has 0 spiro atoms. The predicted molar refractivity (Wildman–Crippen MR) is 49.5 cm³/mol. The van der Waals surface area contributed by atoms with Crippen LogP contribution in [0.2, 0.25) is 0 Å². The molecule has 0 aromatic heterocycles. The number of unbranched alkanes of at least 4 members (excludes halogenated alkanes) is 5. The van der Waals surface area contributed by atoms with Crippen LogP contribution in [0.25, 0.3) is 0 Å². The average molecular weight is 178 g/mol. The van der Waals surface area contributed by atoms with Gasteiger partial charge in [0.05, 0.1) is 0 Å². The molecule has 11 heavy (non-hydrogen) atoms. The lowest BCUT2D eigenvalue weighted by atomic mass is 10.1. The highest BCUT2D eigenvalue weighted by atomic mass is 31.1. The summed E-state index contributed by atoms with van der Waals surface area (Å²) in [5.41, 5.74) is 0. The van der Waals surface area contributed by atoms with E-state index < -0.39 is 8.03 Å². The van der Waals surface area contributed by atoms with Gasteiger partial charge >= 0.3 is 0 Å². The largest absolute Gasteiger partial charge is 0.346 e. The highest BCUT2D eigenvalue weighted by molar-refractivity contribution is 7.37. The van der Waals surface area contributed by atoms with Gasteiger partial charge in [0.25, 0.3) is 0 Å². The fourth-order valence-electron chi connectivity index (χ4n) is 1.06. The summed E-state index contributed by atoms with van der Waals surface area (Å²) in [6, 6.07) is 0. The Morgan fingerprint density at radius 1 is 1.09 bits per heavy atom. The van der Waals surface area contributed by atoms with Gasteiger partial charge in [0, 0.05) is 6.16 Å². The van der Waals surface area contributed by atoms with E-state index >= 15 is 0 Å². The Hall–Kier alpha value is 0.190. The first kappa shape index (κ1) is 11.2. The summed E-state index contributed by atoms with van der Waals surface area (Å²) < 4.78 is 10.3. The Bertz CT molecular complexity index is 104. The molecule has 0 aliphatic rings. The van der Waals surface area contributed by atoms with Crippen molar-refractivity contribution in [1.82, 2.24) is 0 Å². The molecule has 1 unspecified atom stereocenters. The first-order valence-corrected chi connectivity index (χ1v) is 6.05. The lowest BCUT2D eigenvalue weighted by molar-refractivity contribution is 0.498. The average Bonchev–Trinajstić information content (AvgIpc) is 1.96. The molecule has 68 valence electrons. The maximum absolute atomic E-state index is 10.3. The van der Waals surface area contributed by atoms with Crippen LogP contribution in [0.1, 0.15) is 45.4 Å². The fourth-order valence-corrected chi connectivity index (χ4v) is 1.61. The normalized spacial score (nSPS) is 13.3. The quantitative estimate of drug-likeness (QED) is 0.480. The topological polar surface area (TPSA) is 37.3 Å². The van der Waals surface area contributed by atoms with E-state index in [4.69, 9.17) is 4.89 Å². The second-order valence-corrected chi connectivity index (χ2v) is 4.20. The van der Waals surface area contributed by atoms with E-state index in [-0.39, 0.29) is 0 Å². The second-order valence-electron chi connectivity index (χ2n) is 2.91. The van der Waals surface area contributed by atoms with Crippen molar-refractivity contribution in [2.45, 2.75) is 45.4 Å². The van der Waals surface area contributed by atoms with Crippen LogP contribution in [0.15, 0.2) is 0 Å². The van der Waals surface area contributed by atoms with Crippen LogP contribution in [0.4, 0.5) is 0 Å². The molecular formula is C8H19O2P. The summed E-state index contributed by atoms with van der Waals surface area (Å²) in [4.78, 5) is 8.50. The van der Waals surface area contributed by atoms with Gasteiger partial charge < -0.3 is 4.89 Å². The molecule has 0 aromatic carbocycles. The molecule has 1 N–H and O–H groups in total. The van der Waals surface area contributed by atoms with Crippen LogP contribution in [0.5, 0.6) is 0 Å². The Morgan fingerprint density at radius 3 is 2.18 bits per heavy atom. The SMILES string of the molecule is CCCCCCCC[PH](=O)O. The van der Waals surface area contributed by atoms with E-state index in [1.807, 2.05) is 0 Å². The van der Waals surface area contributed by atoms with Crippen molar-refractivity contribution < 1.29 is 9.46 Å². The summed E-state index contributed by atoms with van der Waals surface area (Å²) in [5.74, 6) is 0. The van der Waals surface area contributed by atoms with Gasteiger partial charge in [-0.25, -0.2) is 0 Å². The van der Waals surface area contributed by atoms with Crippen molar-refractivity contribution in [3.8, 4) is 0 Å². The molecule has 1 atom stereocenters. The lowest BCUT2D eigenvalue weighted by Crippen LogP contribution is -1.81. The van der Waals surface area contributed by atoms with Crippen LogP contribution in [-0.2, 0) is 4.57 Å². The maximum Gasteiger partial charge on any atom is 0.189 e. The van der Waals surface area contributed by atoms with Gasteiger partial charge in [-0.3, -0.25) is 4.57 Å². The van der Waals surface area contributed by atoms with E-state index in [2.05, 4.69) is 6.92 Å². The number of hydrogen-bond acceptors (Lipinski definition) is 1. The van der Waals surface area contributed by atoms with Crippen molar-refractivity contribution in [2.24, 2.45) is 0 Å². The molecule has 0 radical (unpaired) electrons. The minimum atomic E-state index is -2.18. The summed E-state index contributed by atoms with van der Waals surface area (Å²) in [5, 5.41) is 0. The molecule has 0 rings (SSSR count). The lowest BCUT2D eigenvalue weighted by Gasteiger charge is -1.97. The smallest absolute Gasteiger partial charge is 0.189 e. The van der Waals surface area contributed by atoms with Gasteiger partial charge in [0.15, 0.2) is 8.03 Å². The van der Waals surface area contributed by atoms with Crippen LogP contribution in [0, 0.1) is 0 Å². The molecule has 0 fully saturated rings. The van der Waals surface area contributed by atoms with Crippen LogP contribution in [0.3, 0.4) is 0 Å². The first-order chi connectivity index (χ1) is 5.27. The minimum Gasteiger partial charge on any atom is -0.346 e. The Morgan fingerprint density at radius 2 is 1.64 bits per heavy atom. The van der Waals surface area contributed by atoms with Gasteiger partial charge in [-0.1, -0.05) is 39.0 Å². The van der Waals surface area contributed by atoms with Crippen molar-refractivity contribution in [2.75, 3.05) is 6.16 Å². The van der Waals surface area contributed by atoms with Gasteiger partial charge in [-0.2, -0.15) is 0 Å². The zero-order valence-electron chi connectivity index (χ0n) is 7.31. The Labute approximate surface area is 69.9 Å². The molecule has 0 amide bonds. The van der Waals surface area contributed by atoms with Crippen LogP contribution < -0.4 is 0 Å². The van der Waals surface area contributed by atoms with E-state index in [1.165, 1.54) is 25.7 Å². The third-order valence-electron chi connectivity index (χ3n) is 1.74. The Kier molecular flexibility index (Phi) is 8.43. The standard InChI is InChI=1S/C8H19O2P/c1-2-3-4-5-6-7-8-11(9)10/h11H,2-8H2,1H3,(H,9,10).